The number of amides is 2. The zero-order chi connectivity index (χ0) is 19.0. The maximum Gasteiger partial charge on any atom is 0.271 e. The molecule has 0 bridgehead atoms. The van der Waals surface area contributed by atoms with Crippen molar-refractivity contribution in [1.29, 1.82) is 0 Å². The first-order chi connectivity index (χ1) is 13.0. The van der Waals surface area contributed by atoms with Crippen LogP contribution in [0.5, 0.6) is 0 Å². The summed E-state index contributed by atoms with van der Waals surface area (Å²) in [6.07, 6.45) is 3.15. The van der Waals surface area contributed by atoms with Gasteiger partial charge in [0.05, 0.1) is 5.69 Å². The van der Waals surface area contributed by atoms with Gasteiger partial charge in [-0.3, -0.25) is 14.0 Å². The van der Waals surface area contributed by atoms with E-state index in [4.69, 9.17) is 4.74 Å². The normalized spacial score (nSPS) is 16.6. The zero-order valence-corrected chi connectivity index (χ0v) is 16.0. The molecule has 1 aromatic carbocycles. The minimum absolute atomic E-state index is 0.0669. The molecule has 1 aliphatic heterocycles. The second kappa shape index (κ2) is 7.13. The van der Waals surface area contributed by atoms with Crippen LogP contribution in [-0.4, -0.2) is 52.9 Å². The van der Waals surface area contributed by atoms with Crippen molar-refractivity contribution in [3.05, 3.63) is 41.5 Å². The summed E-state index contributed by atoms with van der Waals surface area (Å²) in [5.41, 5.74) is 2.91. The number of nitrogens with one attached hydrogen (secondary N) is 1. The van der Waals surface area contributed by atoms with E-state index in [1.807, 2.05) is 35.8 Å². The minimum atomic E-state index is -0.369. The summed E-state index contributed by atoms with van der Waals surface area (Å²) in [4.78, 5) is 31.5. The summed E-state index contributed by atoms with van der Waals surface area (Å²) < 4.78 is 7.23. The van der Waals surface area contributed by atoms with Gasteiger partial charge in [0.1, 0.15) is 11.8 Å². The van der Waals surface area contributed by atoms with Crippen LogP contribution in [0.4, 0.5) is 5.69 Å². The lowest BCUT2D eigenvalue weighted by atomic mass is 10.1. The maximum atomic E-state index is 12.3. The fraction of sp³-hybridized carbons (Fsp3) is 0.316. The van der Waals surface area contributed by atoms with Crippen molar-refractivity contribution in [1.82, 2.24) is 14.3 Å². The summed E-state index contributed by atoms with van der Waals surface area (Å²) in [5, 5.41) is 4.72. The number of nitrogens with zero attached hydrogens (tertiary/aromatic N) is 3. The number of thiazole rings is 1. The van der Waals surface area contributed by atoms with Crippen molar-refractivity contribution < 1.29 is 14.3 Å². The van der Waals surface area contributed by atoms with Gasteiger partial charge in [-0.05, 0) is 25.0 Å². The van der Waals surface area contributed by atoms with Gasteiger partial charge in [0.2, 0.25) is 0 Å². The number of aromatic nitrogens is 2. The molecule has 3 aromatic rings. The summed E-state index contributed by atoms with van der Waals surface area (Å²) in [6, 6.07) is 7.53. The Morgan fingerprint density at radius 3 is 2.96 bits per heavy atom. The Balaban J connectivity index is 1.60. The highest BCUT2D eigenvalue weighted by molar-refractivity contribution is 7.15. The van der Waals surface area contributed by atoms with Gasteiger partial charge in [0, 0.05) is 43.5 Å². The number of rotatable bonds is 4. The lowest BCUT2D eigenvalue weighted by Crippen LogP contribution is -2.26. The molecule has 0 radical (unpaired) electrons. The van der Waals surface area contributed by atoms with E-state index in [-0.39, 0.29) is 17.9 Å². The van der Waals surface area contributed by atoms with Gasteiger partial charge in [0.25, 0.3) is 11.8 Å². The summed E-state index contributed by atoms with van der Waals surface area (Å²) in [5.74, 6) is -0.183. The number of hydrogen-bond acceptors (Lipinski definition) is 5. The van der Waals surface area contributed by atoms with Crippen LogP contribution in [0.2, 0.25) is 0 Å². The Kier molecular flexibility index (Phi) is 4.67. The molecule has 140 valence electrons. The van der Waals surface area contributed by atoms with Gasteiger partial charge in [-0.2, -0.15) is 0 Å². The van der Waals surface area contributed by atoms with E-state index in [2.05, 4.69) is 10.3 Å². The van der Waals surface area contributed by atoms with Crippen LogP contribution in [0, 0.1) is 0 Å². The molecule has 27 heavy (non-hydrogen) atoms. The number of ether oxygens (including phenoxy) is 1. The van der Waals surface area contributed by atoms with Crippen molar-refractivity contribution in [3.8, 4) is 11.3 Å². The predicted octanol–water partition coefficient (Wildman–Crippen LogP) is 2.88. The number of anilines is 1. The second-order valence-corrected chi connectivity index (χ2v) is 7.51. The molecule has 8 heteroatoms. The highest BCUT2D eigenvalue weighted by atomic mass is 32.1. The minimum Gasteiger partial charge on any atom is -0.368 e. The highest BCUT2D eigenvalue weighted by Gasteiger charge is 2.23. The molecule has 1 unspecified atom stereocenters. The molecule has 2 amide bonds. The number of carbonyl (C=O) groups excluding carboxylic acids is 2. The molecule has 4 rings (SSSR count). The largest absolute Gasteiger partial charge is 0.368 e. The van der Waals surface area contributed by atoms with E-state index in [0.717, 1.165) is 29.1 Å². The number of imidazole rings is 1. The van der Waals surface area contributed by atoms with Crippen molar-refractivity contribution in [3.63, 3.8) is 0 Å². The van der Waals surface area contributed by atoms with Crippen LogP contribution in [0.3, 0.4) is 0 Å². The fourth-order valence-electron chi connectivity index (χ4n) is 3.07. The van der Waals surface area contributed by atoms with E-state index in [1.165, 1.54) is 11.3 Å². The van der Waals surface area contributed by atoms with E-state index in [1.54, 1.807) is 23.4 Å². The van der Waals surface area contributed by atoms with E-state index >= 15 is 0 Å². The highest BCUT2D eigenvalue weighted by Crippen LogP contribution is 2.26. The Labute approximate surface area is 160 Å². The monoisotopic (exact) mass is 384 g/mol. The summed E-state index contributed by atoms with van der Waals surface area (Å²) in [7, 11) is 3.45. The van der Waals surface area contributed by atoms with Crippen LogP contribution < -0.4 is 5.32 Å². The van der Waals surface area contributed by atoms with Gasteiger partial charge in [-0.25, -0.2) is 4.98 Å². The molecule has 1 atom stereocenters. The predicted molar refractivity (Wildman–Crippen MR) is 104 cm³/mol. The van der Waals surface area contributed by atoms with Gasteiger partial charge >= 0.3 is 0 Å². The van der Waals surface area contributed by atoms with Crippen molar-refractivity contribution in [2.75, 3.05) is 26.0 Å². The Bertz CT molecular complexity index is 1000. The SMILES string of the molecule is CN(C)C(=O)c1csc2nc(-c3cccc(NC(=O)C4CCCO4)c3)cn12. The average Bonchev–Trinajstić information content (AvgIpc) is 3.38. The Morgan fingerprint density at radius 2 is 2.22 bits per heavy atom. The average molecular weight is 384 g/mol. The molecule has 3 heterocycles. The van der Waals surface area contributed by atoms with E-state index in [0.29, 0.717) is 18.0 Å². The van der Waals surface area contributed by atoms with Crippen LogP contribution in [0.1, 0.15) is 23.3 Å². The van der Waals surface area contributed by atoms with Gasteiger partial charge in [-0.15, -0.1) is 11.3 Å². The third-order valence-corrected chi connectivity index (χ3v) is 5.32. The Morgan fingerprint density at radius 1 is 1.37 bits per heavy atom. The quantitative estimate of drug-likeness (QED) is 0.750. The van der Waals surface area contributed by atoms with E-state index in [9.17, 15) is 9.59 Å². The molecule has 0 aliphatic carbocycles. The first kappa shape index (κ1) is 17.7. The number of benzene rings is 1. The van der Waals surface area contributed by atoms with Gasteiger partial charge < -0.3 is 15.0 Å². The first-order valence-corrected chi connectivity index (χ1v) is 9.62. The standard InChI is InChI=1S/C19H20N4O3S/c1-22(2)18(25)15-11-27-19-21-14(10-23(15)19)12-5-3-6-13(9-12)20-17(24)16-7-4-8-26-16/h3,5-6,9-11,16H,4,7-8H2,1-2H3,(H,20,24). The fourth-order valence-corrected chi connectivity index (χ4v) is 3.92. The number of fused-ring (bicyclic) bond motifs is 1. The summed E-state index contributed by atoms with van der Waals surface area (Å²) >= 11 is 1.42. The van der Waals surface area contributed by atoms with Crippen molar-refractivity contribution in [2.24, 2.45) is 0 Å². The molecular weight excluding hydrogens is 364 g/mol. The first-order valence-electron chi connectivity index (χ1n) is 8.74. The van der Waals surface area contributed by atoms with Crippen molar-refractivity contribution in [2.45, 2.75) is 18.9 Å². The van der Waals surface area contributed by atoms with Crippen LogP contribution in [0.25, 0.3) is 16.2 Å². The molecular formula is C19H20N4O3S. The lowest BCUT2D eigenvalue weighted by molar-refractivity contribution is -0.124. The van der Waals surface area contributed by atoms with Crippen LogP contribution in [-0.2, 0) is 9.53 Å². The molecule has 0 spiro atoms. The van der Waals surface area contributed by atoms with Crippen LogP contribution in [0.15, 0.2) is 35.8 Å². The second-order valence-electron chi connectivity index (χ2n) is 6.67. The number of hydrogen-bond donors (Lipinski definition) is 1. The molecule has 7 nitrogen and oxygen atoms in total. The van der Waals surface area contributed by atoms with Crippen LogP contribution >= 0.6 is 11.3 Å². The zero-order valence-electron chi connectivity index (χ0n) is 15.1. The third-order valence-electron chi connectivity index (χ3n) is 4.48. The topological polar surface area (TPSA) is 75.9 Å². The summed E-state index contributed by atoms with van der Waals surface area (Å²) in [6.45, 7) is 0.636. The number of carbonyl (C=O) groups is 2. The lowest BCUT2D eigenvalue weighted by Gasteiger charge is -2.11. The smallest absolute Gasteiger partial charge is 0.271 e. The van der Waals surface area contributed by atoms with Gasteiger partial charge in [0.15, 0.2) is 4.96 Å². The van der Waals surface area contributed by atoms with Gasteiger partial charge in [-0.1, -0.05) is 12.1 Å². The molecule has 2 aromatic heterocycles. The molecule has 1 N–H and O–H groups in total. The molecule has 1 fully saturated rings. The molecule has 1 aliphatic rings. The molecule has 0 saturated carbocycles. The van der Waals surface area contributed by atoms with Crippen molar-refractivity contribution >= 4 is 33.8 Å². The van der Waals surface area contributed by atoms with E-state index < -0.39 is 0 Å². The Hall–Kier alpha value is -2.71. The molecule has 1 saturated heterocycles. The maximum absolute atomic E-state index is 12.3. The third kappa shape index (κ3) is 3.45.